The first-order chi connectivity index (χ1) is 17.8. The predicted molar refractivity (Wildman–Crippen MR) is 151 cm³/mol. The highest BCUT2D eigenvalue weighted by molar-refractivity contribution is 5.87. The number of fused-ring (bicyclic) bond motifs is 2. The molecule has 0 fully saturated rings. The van der Waals surface area contributed by atoms with Gasteiger partial charge in [0.05, 0.1) is 13.7 Å². The van der Waals surface area contributed by atoms with Crippen molar-refractivity contribution in [2.24, 2.45) is 10.8 Å². The molecular formula is C31H46N2O5. The average Bonchev–Trinajstić information content (AvgIpc) is 2.85. The molecule has 3 bridgehead atoms. The second-order valence-corrected chi connectivity index (χ2v) is 12.5. The van der Waals surface area contributed by atoms with Gasteiger partial charge in [0, 0.05) is 13.2 Å². The molecule has 0 radical (unpaired) electrons. The summed E-state index contributed by atoms with van der Waals surface area (Å²) in [6, 6.07) is 10.1. The average molecular weight is 527 g/mol. The molecular weight excluding hydrogens is 480 g/mol. The van der Waals surface area contributed by atoms with Crippen LogP contribution in [0.25, 0.3) is 10.8 Å². The summed E-state index contributed by atoms with van der Waals surface area (Å²) in [7, 11) is 3.30. The van der Waals surface area contributed by atoms with E-state index in [0.29, 0.717) is 0 Å². The van der Waals surface area contributed by atoms with E-state index in [4.69, 9.17) is 14.2 Å². The van der Waals surface area contributed by atoms with Gasteiger partial charge in [-0.3, -0.25) is 4.79 Å². The number of amides is 2. The molecule has 0 aromatic heterocycles. The molecule has 3 rings (SSSR count). The highest BCUT2D eigenvalue weighted by Gasteiger charge is 2.38. The van der Waals surface area contributed by atoms with Gasteiger partial charge < -0.3 is 24.4 Å². The van der Waals surface area contributed by atoms with E-state index in [1.807, 2.05) is 27.7 Å². The van der Waals surface area contributed by atoms with Gasteiger partial charge in [-0.25, -0.2) is 4.79 Å². The molecule has 0 saturated heterocycles. The standard InChI is InChI=1S/C31H46N2O5/c1-21-11-12-22-13-14-23-18-26(37-8)24(17-25(23)16-22)10-9-15-31(5,6)19-38-29(35)32-27(30(2,3)4)28(34)33(21)20-36-7/h13-14,16-18,21,27H,9-12,15,19-20H2,1-8H3,(H,32,35)/t21-,27-/m1/s1. The van der Waals surface area contributed by atoms with Gasteiger partial charge in [0.25, 0.3) is 0 Å². The maximum Gasteiger partial charge on any atom is 0.407 e. The van der Waals surface area contributed by atoms with Crippen molar-refractivity contribution in [2.75, 3.05) is 27.6 Å². The Morgan fingerprint density at radius 1 is 1.08 bits per heavy atom. The smallest absolute Gasteiger partial charge is 0.407 e. The van der Waals surface area contributed by atoms with Gasteiger partial charge in [0.15, 0.2) is 0 Å². The first-order valence-electron chi connectivity index (χ1n) is 13.7. The number of carbonyl (C=O) groups is 2. The van der Waals surface area contributed by atoms with Crippen molar-refractivity contribution in [1.82, 2.24) is 10.2 Å². The van der Waals surface area contributed by atoms with E-state index in [0.717, 1.165) is 43.2 Å². The lowest BCUT2D eigenvalue weighted by Gasteiger charge is -2.37. The van der Waals surface area contributed by atoms with Crippen LogP contribution in [0.5, 0.6) is 5.75 Å². The molecule has 1 aliphatic heterocycles. The molecule has 2 aromatic carbocycles. The van der Waals surface area contributed by atoms with E-state index >= 15 is 0 Å². The number of ether oxygens (including phenoxy) is 3. The normalized spacial score (nSPS) is 21.9. The van der Waals surface area contributed by atoms with Crippen LogP contribution in [0.4, 0.5) is 4.79 Å². The van der Waals surface area contributed by atoms with E-state index in [2.05, 4.69) is 49.5 Å². The molecule has 0 aliphatic carbocycles. The van der Waals surface area contributed by atoms with Crippen LogP contribution >= 0.6 is 0 Å². The molecule has 0 saturated carbocycles. The summed E-state index contributed by atoms with van der Waals surface area (Å²) in [5, 5.41) is 5.21. The Morgan fingerprint density at radius 2 is 1.82 bits per heavy atom. The topological polar surface area (TPSA) is 77.1 Å². The van der Waals surface area contributed by atoms with E-state index < -0.39 is 17.6 Å². The van der Waals surface area contributed by atoms with Crippen LogP contribution in [0.15, 0.2) is 30.3 Å². The fourth-order valence-electron chi connectivity index (χ4n) is 5.06. The summed E-state index contributed by atoms with van der Waals surface area (Å²) in [4.78, 5) is 28.4. The van der Waals surface area contributed by atoms with E-state index in [1.165, 1.54) is 16.5 Å². The molecule has 7 heteroatoms. The van der Waals surface area contributed by atoms with Crippen molar-refractivity contribution in [2.45, 2.75) is 85.7 Å². The zero-order chi connectivity index (χ0) is 28.1. The SMILES string of the molecule is COCN1C(=O)[C@H](C(C)(C)C)NC(=O)OCC(C)(C)CCCc2cc3cc(ccc3cc2OC)CC[C@H]1C. The van der Waals surface area contributed by atoms with Gasteiger partial charge in [0.1, 0.15) is 18.5 Å². The number of benzene rings is 2. The lowest BCUT2D eigenvalue weighted by molar-refractivity contribution is -0.143. The Morgan fingerprint density at radius 3 is 2.47 bits per heavy atom. The van der Waals surface area contributed by atoms with Crippen molar-refractivity contribution in [3.05, 3.63) is 41.5 Å². The van der Waals surface area contributed by atoms with Crippen LogP contribution in [-0.4, -0.2) is 56.5 Å². The van der Waals surface area contributed by atoms with Crippen molar-refractivity contribution >= 4 is 22.8 Å². The van der Waals surface area contributed by atoms with Crippen molar-refractivity contribution in [1.29, 1.82) is 0 Å². The number of nitrogens with one attached hydrogen (secondary N) is 1. The lowest BCUT2D eigenvalue weighted by atomic mass is 9.85. The Bertz CT molecular complexity index is 1120. The molecule has 7 nitrogen and oxygen atoms in total. The summed E-state index contributed by atoms with van der Waals surface area (Å²) >= 11 is 0. The lowest BCUT2D eigenvalue weighted by Crippen LogP contribution is -2.57. The molecule has 1 heterocycles. The molecule has 1 aliphatic rings. The summed E-state index contributed by atoms with van der Waals surface area (Å²) in [5.41, 5.74) is 1.68. The molecule has 38 heavy (non-hydrogen) atoms. The monoisotopic (exact) mass is 526 g/mol. The maximum atomic E-state index is 13.8. The number of alkyl carbamates (subject to hydrolysis) is 1. The zero-order valence-corrected chi connectivity index (χ0v) is 24.5. The van der Waals surface area contributed by atoms with Crippen LogP contribution in [0, 0.1) is 10.8 Å². The first kappa shape index (κ1) is 29.8. The minimum atomic E-state index is -0.747. The van der Waals surface area contributed by atoms with E-state index in [1.54, 1.807) is 19.1 Å². The third kappa shape index (κ3) is 7.62. The molecule has 210 valence electrons. The summed E-state index contributed by atoms with van der Waals surface area (Å²) in [5.74, 6) is 0.733. The highest BCUT2D eigenvalue weighted by atomic mass is 16.5. The molecule has 2 aromatic rings. The minimum Gasteiger partial charge on any atom is -0.496 e. The van der Waals surface area contributed by atoms with Gasteiger partial charge in [-0.05, 0) is 83.9 Å². The number of cyclic esters (lactones) is 1. The van der Waals surface area contributed by atoms with E-state index in [9.17, 15) is 9.59 Å². The molecule has 2 atom stereocenters. The number of aryl methyl sites for hydroxylation is 2. The highest BCUT2D eigenvalue weighted by Crippen LogP contribution is 2.31. The van der Waals surface area contributed by atoms with Gasteiger partial charge in [-0.1, -0.05) is 52.8 Å². The Balaban J connectivity index is 1.98. The van der Waals surface area contributed by atoms with Crippen LogP contribution in [-0.2, 0) is 27.1 Å². The maximum absolute atomic E-state index is 13.8. The van der Waals surface area contributed by atoms with Crippen molar-refractivity contribution in [3.8, 4) is 5.75 Å². The second-order valence-electron chi connectivity index (χ2n) is 12.5. The van der Waals surface area contributed by atoms with Gasteiger partial charge in [0.2, 0.25) is 5.91 Å². The molecule has 2 amide bonds. The number of carbonyl (C=O) groups excluding carboxylic acids is 2. The summed E-state index contributed by atoms with van der Waals surface area (Å²) in [6.07, 6.45) is 3.70. The first-order valence-corrected chi connectivity index (χ1v) is 13.7. The zero-order valence-electron chi connectivity index (χ0n) is 24.5. The second kappa shape index (κ2) is 12.4. The van der Waals surface area contributed by atoms with Gasteiger partial charge in [-0.2, -0.15) is 0 Å². The number of rotatable bonds is 3. The fourth-order valence-corrected chi connectivity index (χ4v) is 5.06. The van der Waals surface area contributed by atoms with Gasteiger partial charge in [-0.15, -0.1) is 0 Å². The molecule has 1 N–H and O–H groups in total. The van der Waals surface area contributed by atoms with Crippen LogP contribution in [0.1, 0.15) is 71.9 Å². The number of hydrogen-bond acceptors (Lipinski definition) is 5. The minimum absolute atomic E-state index is 0.0896. The fraction of sp³-hybridized carbons (Fsp3) is 0.613. The third-order valence-electron chi connectivity index (χ3n) is 7.51. The predicted octanol–water partition coefficient (Wildman–Crippen LogP) is 6.11. The number of nitrogens with zero attached hydrogens (tertiary/aromatic N) is 1. The largest absolute Gasteiger partial charge is 0.496 e. The van der Waals surface area contributed by atoms with Crippen molar-refractivity contribution < 1.29 is 23.8 Å². The summed E-state index contributed by atoms with van der Waals surface area (Å²) < 4.78 is 16.8. The Kier molecular flexibility index (Phi) is 9.69. The molecule has 0 spiro atoms. The Labute approximate surface area is 228 Å². The van der Waals surface area contributed by atoms with Crippen LogP contribution in [0.3, 0.4) is 0 Å². The number of hydrogen-bond donors (Lipinski definition) is 1. The Hall–Kier alpha value is -2.80. The quantitative estimate of drug-likeness (QED) is 0.523. The van der Waals surface area contributed by atoms with Crippen LogP contribution < -0.4 is 10.1 Å². The summed E-state index contributed by atoms with van der Waals surface area (Å²) in [6.45, 7) is 12.5. The number of methoxy groups -OCH3 is 2. The third-order valence-corrected chi connectivity index (χ3v) is 7.51. The van der Waals surface area contributed by atoms with Gasteiger partial charge >= 0.3 is 6.09 Å². The molecule has 0 unspecified atom stereocenters. The van der Waals surface area contributed by atoms with Crippen LogP contribution in [0.2, 0.25) is 0 Å². The van der Waals surface area contributed by atoms with Crippen molar-refractivity contribution in [3.63, 3.8) is 0 Å². The van der Waals surface area contributed by atoms with E-state index in [-0.39, 0.29) is 30.7 Å².